The first kappa shape index (κ1) is 15.2. The van der Waals surface area contributed by atoms with Crippen molar-refractivity contribution in [3.05, 3.63) is 15.4 Å². The molecule has 0 spiro atoms. The lowest BCUT2D eigenvalue weighted by atomic mass is 10.1. The molecular weight excluding hydrogens is 310 g/mol. The van der Waals surface area contributed by atoms with Crippen LogP contribution in [0.15, 0.2) is 9.00 Å². The fourth-order valence-corrected chi connectivity index (χ4v) is 6.21. The molecule has 0 aliphatic carbocycles. The zero-order chi connectivity index (χ0) is 15.0. The van der Waals surface area contributed by atoms with Crippen LogP contribution in [0.2, 0.25) is 0 Å². The highest BCUT2D eigenvalue weighted by atomic mass is 32.2. The van der Waals surface area contributed by atoms with E-state index in [0.29, 0.717) is 24.8 Å². The highest BCUT2D eigenvalue weighted by Crippen LogP contribution is 2.27. The van der Waals surface area contributed by atoms with Crippen LogP contribution in [0, 0.1) is 6.92 Å². The SMILES string of the molecule is Cc1[nH]c(=O)sc1S(=O)(=O)N1CCC(N2CCCC2)CC1. The van der Waals surface area contributed by atoms with E-state index in [-0.39, 0.29) is 9.08 Å². The minimum absolute atomic E-state index is 0.173. The number of aryl methyl sites for hydroxylation is 1. The molecule has 3 rings (SSSR count). The molecule has 8 heteroatoms. The van der Waals surface area contributed by atoms with E-state index in [4.69, 9.17) is 0 Å². The van der Waals surface area contributed by atoms with Crippen molar-refractivity contribution in [2.75, 3.05) is 26.2 Å². The van der Waals surface area contributed by atoms with Gasteiger partial charge >= 0.3 is 4.87 Å². The Kier molecular flexibility index (Phi) is 4.22. The van der Waals surface area contributed by atoms with Crippen molar-refractivity contribution in [3.8, 4) is 0 Å². The summed E-state index contributed by atoms with van der Waals surface area (Å²) in [6, 6.07) is 0.519. The van der Waals surface area contributed by atoms with E-state index in [2.05, 4.69) is 9.88 Å². The normalized spacial score (nSPS) is 22.9. The van der Waals surface area contributed by atoms with Gasteiger partial charge in [-0.05, 0) is 45.7 Å². The van der Waals surface area contributed by atoms with Crippen LogP contribution in [-0.2, 0) is 10.0 Å². The van der Waals surface area contributed by atoms with Gasteiger partial charge < -0.3 is 9.88 Å². The van der Waals surface area contributed by atoms with Crippen molar-refractivity contribution in [1.82, 2.24) is 14.2 Å². The van der Waals surface area contributed by atoms with Gasteiger partial charge in [0.1, 0.15) is 0 Å². The third-order valence-electron chi connectivity index (χ3n) is 4.44. The van der Waals surface area contributed by atoms with Gasteiger partial charge in [-0.1, -0.05) is 11.3 Å². The third-order valence-corrected chi connectivity index (χ3v) is 7.92. The highest BCUT2D eigenvalue weighted by molar-refractivity contribution is 7.91. The molecule has 118 valence electrons. The predicted molar refractivity (Wildman–Crippen MR) is 82.3 cm³/mol. The Labute approximate surface area is 128 Å². The molecule has 6 nitrogen and oxygen atoms in total. The Morgan fingerprint density at radius 2 is 1.76 bits per heavy atom. The predicted octanol–water partition coefficient (Wildman–Crippen LogP) is 0.994. The van der Waals surface area contributed by atoms with Crippen LogP contribution in [-0.4, -0.2) is 54.8 Å². The lowest BCUT2D eigenvalue weighted by Crippen LogP contribution is -2.45. The standard InChI is InChI=1S/C13H21N3O3S2/c1-10-12(20-13(17)14-10)21(18,19)16-8-4-11(5-9-16)15-6-2-3-7-15/h11H,2-9H2,1H3,(H,14,17). The Bertz CT molecular complexity index is 650. The molecule has 2 fully saturated rings. The number of hydrogen-bond donors (Lipinski definition) is 1. The molecule has 2 aliphatic rings. The van der Waals surface area contributed by atoms with Gasteiger partial charge in [0.05, 0.1) is 0 Å². The van der Waals surface area contributed by atoms with E-state index in [0.717, 1.165) is 37.3 Å². The number of aromatic amines is 1. The van der Waals surface area contributed by atoms with Gasteiger partial charge in [0, 0.05) is 24.8 Å². The summed E-state index contributed by atoms with van der Waals surface area (Å²) >= 11 is 0.790. The zero-order valence-electron chi connectivity index (χ0n) is 12.2. The van der Waals surface area contributed by atoms with Crippen molar-refractivity contribution in [3.63, 3.8) is 0 Å². The van der Waals surface area contributed by atoms with Crippen molar-refractivity contribution in [2.45, 2.75) is 42.9 Å². The quantitative estimate of drug-likeness (QED) is 0.896. The number of rotatable bonds is 3. The van der Waals surface area contributed by atoms with Crippen LogP contribution in [0.1, 0.15) is 31.4 Å². The van der Waals surface area contributed by atoms with Crippen LogP contribution in [0.5, 0.6) is 0 Å². The van der Waals surface area contributed by atoms with Gasteiger partial charge in [-0.25, -0.2) is 8.42 Å². The van der Waals surface area contributed by atoms with E-state index in [1.165, 1.54) is 17.1 Å². The molecule has 2 aliphatic heterocycles. The van der Waals surface area contributed by atoms with Crippen LogP contribution in [0.3, 0.4) is 0 Å². The van der Waals surface area contributed by atoms with Gasteiger partial charge in [0.25, 0.3) is 10.0 Å². The van der Waals surface area contributed by atoms with Crippen molar-refractivity contribution >= 4 is 21.4 Å². The van der Waals surface area contributed by atoms with Crippen molar-refractivity contribution in [2.24, 2.45) is 0 Å². The Balaban J connectivity index is 1.71. The summed E-state index contributed by atoms with van der Waals surface area (Å²) in [5.41, 5.74) is 0.451. The van der Waals surface area contributed by atoms with Crippen LogP contribution in [0.4, 0.5) is 0 Å². The first-order valence-electron chi connectivity index (χ1n) is 7.42. The Hall–Kier alpha value is -0.700. The first-order chi connectivity index (χ1) is 9.98. The number of thiazole rings is 1. The van der Waals surface area contributed by atoms with E-state index in [1.54, 1.807) is 6.92 Å². The molecule has 0 bridgehead atoms. The number of hydrogen-bond acceptors (Lipinski definition) is 5. The molecular formula is C13H21N3O3S2. The minimum atomic E-state index is -3.52. The second-order valence-corrected chi connectivity index (χ2v) is 8.92. The third kappa shape index (κ3) is 2.94. The molecule has 1 aromatic heterocycles. The summed E-state index contributed by atoms with van der Waals surface area (Å²) in [4.78, 5) is 16.1. The van der Waals surface area contributed by atoms with E-state index in [1.807, 2.05) is 0 Å². The van der Waals surface area contributed by atoms with Gasteiger partial charge in [-0.2, -0.15) is 4.31 Å². The van der Waals surface area contributed by atoms with E-state index < -0.39 is 10.0 Å². The van der Waals surface area contributed by atoms with Crippen LogP contribution < -0.4 is 4.87 Å². The molecule has 0 radical (unpaired) electrons. The fraction of sp³-hybridized carbons (Fsp3) is 0.769. The molecule has 1 N–H and O–H groups in total. The number of piperidine rings is 1. The first-order valence-corrected chi connectivity index (χ1v) is 9.68. The van der Waals surface area contributed by atoms with Gasteiger partial charge in [0.15, 0.2) is 4.21 Å². The maximum absolute atomic E-state index is 12.6. The molecule has 1 aromatic rings. The zero-order valence-corrected chi connectivity index (χ0v) is 13.8. The maximum atomic E-state index is 12.6. The summed E-state index contributed by atoms with van der Waals surface area (Å²) in [5.74, 6) is 0. The Morgan fingerprint density at radius 1 is 1.14 bits per heavy atom. The van der Waals surface area contributed by atoms with Gasteiger partial charge in [0.2, 0.25) is 0 Å². The van der Waals surface area contributed by atoms with Gasteiger partial charge in [-0.3, -0.25) is 4.79 Å². The topological polar surface area (TPSA) is 73.5 Å². The molecule has 0 atom stereocenters. The fourth-order valence-electron chi connectivity index (χ4n) is 3.31. The number of H-pyrrole nitrogens is 1. The molecule has 0 amide bonds. The van der Waals surface area contributed by atoms with Gasteiger partial charge in [-0.15, -0.1) is 0 Å². The number of nitrogens with zero attached hydrogens (tertiary/aromatic N) is 2. The van der Waals surface area contributed by atoms with Crippen LogP contribution in [0.25, 0.3) is 0 Å². The van der Waals surface area contributed by atoms with Crippen molar-refractivity contribution in [1.29, 1.82) is 0 Å². The number of nitrogens with one attached hydrogen (secondary N) is 1. The smallest absolute Gasteiger partial charge is 0.305 e. The molecule has 2 saturated heterocycles. The highest BCUT2D eigenvalue weighted by Gasteiger charge is 2.34. The monoisotopic (exact) mass is 331 g/mol. The molecule has 0 saturated carbocycles. The lowest BCUT2D eigenvalue weighted by Gasteiger charge is -2.35. The average Bonchev–Trinajstić information content (AvgIpc) is 3.09. The minimum Gasteiger partial charge on any atom is -0.315 e. The van der Waals surface area contributed by atoms with Crippen LogP contribution >= 0.6 is 11.3 Å². The largest absolute Gasteiger partial charge is 0.315 e. The van der Waals surface area contributed by atoms with E-state index in [9.17, 15) is 13.2 Å². The van der Waals surface area contributed by atoms with E-state index >= 15 is 0 Å². The maximum Gasteiger partial charge on any atom is 0.305 e. The summed E-state index contributed by atoms with van der Waals surface area (Å²) < 4.78 is 26.9. The second kappa shape index (κ2) is 5.83. The molecule has 0 unspecified atom stereocenters. The average molecular weight is 331 g/mol. The molecule has 3 heterocycles. The molecule has 0 aromatic carbocycles. The number of likely N-dealkylation sites (tertiary alicyclic amines) is 1. The summed E-state index contributed by atoms with van der Waals surface area (Å²) in [7, 11) is -3.52. The second-order valence-electron chi connectivity index (χ2n) is 5.81. The number of sulfonamides is 1. The summed E-state index contributed by atoms with van der Waals surface area (Å²) in [6.45, 7) is 5.04. The summed E-state index contributed by atoms with van der Waals surface area (Å²) in [6.07, 6.45) is 4.29. The number of aromatic nitrogens is 1. The Morgan fingerprint density at radius 3 is 2.29 bits per heavy atom. The van der Waals surface area contributed by atoms with Crippen molar-refractivity contribution < 1.29 is 8.42 Å². The molecule has 21 heavy (non-hydrogen) atoms. The lowest BCUT2D eigenvalue weighted by molar-refractivity contribution is 0.168. The summed E-state index contributed by atoms with van der Waals surface area (Å²) in [5, 5.41) is 0.